The molecule has 0 unspecified atom stereocenters. The Morgan fingerprint density at radius 3 is 2.50 bits per heavy atom. The Balaban J connectivity index is 1.63. The van der Waals surface area contributed by atoms with Gasteiger partial charge in [-0.1, -0.05) is 30.3 Å². The van der Waals surface area contributed by atoms with Crippen LogP contribution in [0.1, 0.15) is 27.4 Å². The standard InChI is InChI=1S/C22H24N4O2/c1-15-6-4-5-7-19(15)26-21-14-20(24-16(2)25-21)22(27)23-13-12-17-8-10-18(28-3)11-9-17/h4-11,14H,12-13H2,1-3H3,(H,23,27)(H,24,25,26). The average molecular weight is 376 g/mol. The van der Waals surface area contributed by atoms with Crippen LogP contribution < -0.4 is 15.4 Å². The largest absolute Gasteiger partial charge is 0.497 e. The van der Waals surface area contributed by atoms with E-state index in [4.69, 9.17) is 4.74 Å². The molecule has 1 aromatic heterocycles. The van der Waals surface area contributed by atoms with Crippen molar-refractivity contribution in [3.05, 3.63) is 77.2 Å². The lowest BCUT2D eigenvalue weighted by Crippen LogP contribution is -2.27. The Kier molecular flexibility index (Phi) is 6.22. The van der Waals surface area contributed by atoms with Crippen molar-refractivity contribution < 1.29 is 9.53 Å². The number of methoxy groups -OCH3 is 1. The summed E-state index contributed by atoms with van der Waals surface area (Å²) < 4.78 is 5.15. The molecule has 1 heterocycles. The van der Waals surface area contributed by atoms with Crippen LogP contribution in [-0.2, 0) is 6.42 Å². The van der Waals surface area contributed by atoms with Gasteiger partial charge in [0, 0.05) is 18.3 Å². The number of amides is 1. The third kappa shape index (κ3) is 5.07. The summed E-state index contributed by atoms with van der Waals surface area (Å²) in [5.41, 5.74) is 3.52. The molecule has 3 rings (SSSR count). The van der Waals surface area contributed by atoms with E-state index in [1.165, 1.54) is 0 Å². The van der Waals surface area contributed by atoms with E-state index in [1.54, 1.807) is 20.1 Å². The molecular formula is C22H24N4O2. The highest BCUT2D eigenvalue weighted by Gasteiger charge is 2.11. The topological polar surface area (TPSA) is 76.1 Å². The molecule has 0 spiro atoms. The molecule has 6 heteroatoms. The second-order valence-electron chi connectivity index (χ2n) is 6.48. The third-order valence-corrected chi connectivity index (χ3v) is 4.34. The second-order valence-corrected chi connectivity index (χ2v) is 6.48. The number of aromatic nitrogens is 2. The zero-order valence-electron chi connectivity index (χ0n) is 16.3. The van der Waals surface area contributed by atoms with Crippen LogP contribution in [0.2, 0.25) is 0 Å². The Bertz CT molecular complexity index is 955. The number of anilines is 2. The van der Waals surface area contributed by atoms with Gasteiger partial charge in [-0.15, -0.1) is 0 Å². The fourth-order valence-electron chi connectivity index (χ4n) is 2.80. The minimum absolute atomic E-state index is 0.216. The van der Waals surface area contributed by atoms with Crippen LogP contribution in [0.15, 0.2) is 54.6 Å². The van der Waals surface area contributed by atoms with Gasteiger partial charge in [0.05, 0.1) is 7.11 Å². The smallest absolute Gasteiger partial charge is 0.270 e. The lowest BCUT2D eigenvalue weighted by molar-refractivity contribution is 0.0949. The molecule has 0 aliphatic carbocycles. The van der Waals surface area contributed by atoms with Crippen LogP contribution in [0.25, 0.3) is 0 Å². The fraction of sp³-hybridized carbons (Fsp3) is 0.227. The summed E-state index contributed by atoms with van der Waals surface area (Å²) in [5, 5.41) is 6.18. The van der Waals surface area contributed by atoms with Crippen molar-refractivity contribution in [1.29, 1.82) is 0 Å². The van der Waals surface area contributed by atoms with Crippen LogP contribution in [0.3, 0.4) is 0 Å². The number of aryl methyl sites for hydroxylation is 2. The number of hydrogen-bond acceptors (Lipinski definition) is 5. The van der Waals surface area contributed by atoms with Crippen molar-refractivity contribution in [2.75, 3.05) is 19.0 Å². The van der Waals surface area contributed by atoms with Gasteiger partial charge in [-0.2, -0.15) is 0 Å². The molecule has 6 nitrogen and oxygen atoms in total. The Morgan fingerprint density at radius 2 is 1.79 bits per heavy atom. The van der Waals surface area contributed by atoms with Crippen molar-refractivity contribution in [2.24, 2.45) is 0 Å². The molecule has 2 N–H and O–H groups in total. The van der Waals surface area contributed by atoms with Crippen LogP contribution in [0, 0.1) is 13.8 Å². The van der Waals surface area contributed by atoms with E-state index < -0.39 is 0 Å². The number of carbonyl (C=O) groups is 1. The molecule has 28 heavy (non-hydrogen) atoms. The molecule has 0 atom stereocenters. The van der Waals surface area contributed by atoms with E-state index >= 15 is 0 Å². The van der Waals surface area contributed by atoms with Crippen molar-refractivity contribution in [1.82, 2.24) is 15.3 Å². The Labute approximate surface area is 165 Å². The van der Waals surface area contributed by atoms with Gasteiger partial charge in [0.1, 0.15) is 23.1 Å². The van der Waals surface area contributed by atoms with Gasteiger partial charge < -0.3 is 15.4 Å². The maximum atomic E-state index is 12.5. The first-order valence-electron chi connectivity index (χ1n) is 9.14. The van der Waals surface area contributed by atoms with E-state index in [-0.39, 0.29) is 5.91 Å². The van der Waals surface area contributed by atoms with Gasteiger partial charge in [0.15, 0.2) is 0 Å². The summed E-state index contributed by atoms with van der Waals surface area (Å²) >= 11 is 0. The van der Waals surface area contributed by atoms with Gasteiger partial charge in [-0.05, 0) is 49.6 Å². The number of ether oxygens (including phenoxy) is 1. The molecule has 0 fully saturated rings. The lowest BCUT2D eigenvalue weighted by atomic mass is 10.1. The number of benzene rings is 2. The first-order valence-corrected chi connectivity index (χ1v) is 9.14. The van der Waals surface area contributed by atoms with E-state index in [9.17, 15) is 4.79 Å². The number of rotatable bonds is 7. The third-order valence-electron chi connectivity index (χ3n) is 4.34. The van der Waals surface area contributed by atoms with Gasteiger partial charge >= 0.3 is 0 Å². The molecule has 144 valence electrons. The van der Waals surface area contributed by atoms with Gasteiger partial charge in [-0.25, -0.2) is 9.97 Å². The summed E-state index contributed by atoms with van der Waals surface area (Å²) in [7, 11) is 1.64. The van der Waals surface area contributed by atoms with E-state index in [0.717, 1.165) is 29.0 Å². The molecule has 1 amide bonds. The average Bonchev–Trinajstić information content (AvgIpc) is 2.70. The van der Waals surface area contributed by atoms with Crippen molar-refractivity contribution in [2.45, 2.75) is 20.3 Å². The minimum Gasteiger partial charge on any atom is -0.497 e. The molecule has 0 radical (unpaired) electrons. The molecule has 0 aliphatic rings. The van der Waals surface area contributed by atoms with Crippen molar-refractivity contribution >= 4 is 17.4 Å². The van der Waals surface area contributed by atoms with Crippen molar-refractivity contribution in [3.8, 4) is 5.75 Å². The molecule has 2 aromatic carbocycles. The lowest BCUT2D eigenvalue weighted by Gasteiger charge is -2.11. The van der Waals surface area contributed by atoms with E-state index in [1.807, 2.05) is 55.5 Å². The highest BCUT2D eigenvalue weighted by molar-refractivity contribution is 5.93. The zero-order valence-corrected chi connectivity index (χ0v) is 16.3. The molecule has 0 saturated heterocycles. The SMILES string of the molecule is COc1ccc(CCNC(=O)c2cc(Nc3ccccc3C)nc(C)n2)cc1. The molecule has 3 aromatic rings. The molecule has 0 bridgehead atoms. The second kappa shape index (κ2) is 8.99. The van der Waals surface area contributed by atoms with Crippen LogP contribution in [-0.4, -0.2) is 29.5 Å². The number of nitrogens with zero attached hydrogens (tertiary/aromatic N) is 2. The number of nitrogens with one attached hydrogen (secondary N) is 2. The number of carbonyl (C=O) groups excluding carboxylic acids is 1. The molecule has 0 saturated carbocycles. The normalized spacial score (nSPS) is 10.4. The molecular weight excluding hydrogens is 352 g/mol. The predicted octanol–water partition coefficient (Wildman–Crippen LogP) is 3.82. The monoisotopic (exact) mass is 376 g/mol. The quantitative estimate of drug-likeness (QED) is 0.656. The Morgan fingerprint density at radius 1 is 1.04 bits per heavy atom. The summed E-state index contributed by atoms with van der Waals surface area (Å²) in [6.45, 7) is 4.31. The van der Waals surface area contributed by atoms with Crippen LogP contribution in [0.5, 0.6) is 5.75 Å². The molecule has 0 aliphatic heterocycles. The summed E-state index contributed by atoms with van der Waals surface area (Å²) in [5.74, 6) is 1.74. The van der Waals surface area contributed by atoms with Gasteiger partial charge in [0.25, 0.3) is 5.91 Å². The van der Waals surface area contributed by atoms with Crippen LogP contribution in [0.4, 0.5) is 11.5 Å². The first-order chi connectivity index (χ1) is 13.5. The summed E-state index contributed by atoms with van der Waals surface area (Å²) in [6.07, 6.45) is 0.730. The minimum atomic E-state index is -0.216. The summed E-state index contributed by atoms with van der Waals surface area (Å²) in [4.78, 5) is 21.2. The van der Waals surface area contributed by atoms with Gasteiger partial charge in [-0.3, -0.25) is 4.79 Å². The summed E-state index contributed by atoms with van der Waals surface area (Å²) in [6, 6.07) is 17.4. The number of para-hydroxylation sites is 1. The fourth-order valence-corrected chi connectivity index (χ4v) is 2.80. The maximum absolute atomic E-state index is 12.5. The highest BCUT2D eigenvalue weighted by Crippen LogP contribution is 2.19. The van der Waals surface area contributed by atoms with Gasteiger partial charge in [0.2, 0.25) is 0 Å². The Hall–Kier alpha value is -3.41. The predicted molar refractivity (Wildman–Crippen MR) is 110 cm³/mol. The maximum Gasteiger partial charge on any atom is 0.270 e. The van der Waals surface area contributed by atoms with Crippen molar-refractivity contribution in [3.63, 3.8) is 0 Å². The van der Waals surface area contributed by atoms with E-state index in [0.29, 0.717) is 23.9 Å². The zero-order chi connectivity index (χ0) is 19.9. The van der Waals surface area contributed by atoms with E-state index in [2.05, 4.69) is 20.6 Å². The highest BCUT2D eigenvalue weighted by atomic mass is 16.5. The van der Waals surface area contributed by atoms with Crippen LogP contribution >= 0.6 is 0 Å². The number of hydrogen-bond donors (Lipinski definition) is 2. The first kappa shape index (κ1) is 19.4.